The zero-order valence-electron chi connectivity index (χ0n) is 16.1. The van der Waals surface area contributed by atoms with Gasteiger partial charge in [-0.1, -0.05) is 29.0 Å². The van der Waals surface area contributed by atoms with E-state index in [4.69, 9.17) is 21.1 Å². The molecule has 158 valence electrons. The Labute approximate surface area is 182 Å². The van der Waals surface area contributed by atoms with Crippen molar-refractivity contribution >= 4 is 49.7 Å². The van der Waals surface area contributed by atoms with Gasteiger partial charge in [-0.3, -0.25) is 14.8 Å². The summed E-state index contributed by atoms with van der Waals surface area (Å²) in [5.74, 6) is 0.0545. The van der Waals surface area contributed by atoms with E-state index in [9.17, 15) is 13.2 Å². The first kappa shape index (κ1) is 21.8. The first-order chi connectivity index (χ1) is 14.2. The summed E-state index contributed by atoms with van der Waals surface area (Å²) in [6.07, 6.45) is 0. The van der Waals surface area contributed by atoms with E-state index in [0.29, 0.717) is 16.4 Å². The highest BCUT2D eigenvalue weighted by molar-refractivity contribution is 7.92. The zero-order valence-corrected chi connectivity index (χ0v) is 18.5. The molecule has 9 nitrogen and oxygen atoms in total. The maximum Gasteiger partial charge on any atom is 0.262 e. The van der Waals surface area contributed by atoms with Crippen LogP contribution >= 0.6 is 22.9 Å². The fraction of sp³-hybridized carbons (Fsp3) is 0.167. The molecule has 3 aromatic rings. The van der Waals surface area contributed by atoms with Crippen molar-refractivity contribution in [3.8, 4) is 11.5 Å². The number of benzene rings is 2. The number of aromatic nitrogens is 2. The molecule has 2 N–H and O–H groups in total. The van der Waals surface area contributed by atoms with Crippen LogP contribution in [-0.4, -0.2) is 38.7 Å². The number of rotatable bonds is 7. The van der Waals surface area contributed by atoms with Gasteiger partial charge in [-0.2, -0.15) is 0 Å². The van der Waals surface area contributed by atoms with E-state index in [1.165, 1.54) is 44.0 Å². The van der Waals surface area contributed by atoms with Crippen LogP contribution in [0.15, 0.2) is 40.7 Å². The molecule has 0 spiro atoms. The molecule has 0 aliphatic heterocycles. The summed E-state index contributed by atoms with van der Waals surface area (Å²) >= 11 is 7.27. The molecular weight excluding hydrogens is 452 g/mol. The zero-order chi connectivity index (χ0) is 21.9. The van der Waals surface area contributed by atoms with Gasteiger partial charge in [-0.25, -0.2) is 8.42 Å². The second-order valence-electron chi connectivity index (χ2n) is 5.97. The third-order valence-electron chi connectivity index (χ3n) is 4.04. The molecule has 30 heavy (non-hydrogen) atoms. The topological polar surface area (TPSA) is 120 Å². The van der Waals surface area contributed by atoms with Crippen molar-refractivity contribution in [3.63, 3.8) is 0 Å². The van der Waals surface area contributed by atoms with Crippen molar-refractivity contribution in [2.75, 3.05) is 24.3 Å². The number of carbonyl (C=O) groups is 1. The van der Waals surface area contributed by atoms with Crippen molar-refractivity contribution in [1.82, 2.24) is 10.2 Å². The van der Waals surface area contributed by atoms with Gasteiger partial charge in [0.1, 0.15) is 17.0 Å². The average molecular weight is 469 g/mol. The molecule has 0 bridgehead atoms. The van der Waals surface area contributed by atoms with Gasteiger partial charge in [-0.05, 0) is 30.7 Å². The lowest BCUT2D eigenvalue weighted by atomic mass is 10.1. The largest absolute Gasteiger partial charge is 0.495 e. The Kier molecular flexibility index (Phi) is 6.44. The Morgan fingerprint density at radius 2 is 1.87 bits per heavy atom. The van der Waals surface area contributed by atoms with Crippen LogP contribution in [0.1, 0.15) is 15.9 Å². The molecule has 1 amide bonds. The summed E-state index contributed by atoms with van der Waals surface area (Å²) in [5, 5.41) is 10.5. The Morgan fingerprint density at radius 3 is 2.50 bits per heavy atom. The number of methoxy groups -OCH3 is 2. The predicted molar refractivity (Wildman–Crippen MR) is 114 cm³/mol. The third-order valence-corrected chi connectivity index (χ3v) is 6.45. The van der Waals surface area contributed by atoms with Crippen LogP contribution in [0.3, 0.4) is 0 Å². The number of aryl methyl sites for hydroxylation is 1. The molecular formula is C18H17ClN4O5S2. The van der Waals surface area contributed by atoms with Crippen molar-refractivity contribution < 1.29 is 22.7 Å². The van der Waals surface area contributed by atoms with E-state index in [0.717, 1.165) is 11.3 Å². The maximum atomic E-state index is 13.1. The Bertz CT molecular complexity index is 1180. The van der Waals surface area contributed by atoms with Crippen molar-refractivity contribution in [2.45, 2.75) is 11.8 Å². The van der Waals surface area contributed by atoms with E-state index in [1.54, 1.807) is 13.0 Å². The molecule has 0 atom stereocenters. The number of hydrogen-bond donors (Lipinski definition) is 2. The normalized spacial score (nSPS) is 11.1. The second kappa shape index (κ2) is 8.86. The molecule has 0 saturated heterocycles. The van der Waals surface area contributed by atoms with Crippen LogP contribution < -0.4 is 19.5 Å². The lowest BCUT2D eigenvalue weighted by Gasteiger charge is -2.15. The molecule has 0 unspecified atom stereocenters. The number of ether oxygens (including phenoxy) is 2. The minimum atomic E-state index is -4.07. The van der Waals surface area contributed by atoms with Gasteiger partial charge >= 0.3 is 0 Å². The standard InChI is InChI=1S/C18H17ClN4O5S2/c1-10-4-5-11(17(24)21-18-22-20-9-29-18)6-16(10)30(25,26)23-13-7-12(19)14(27-2)8-15(13)28-3/h4-9,23H,1-3H3,(H,21,22,24). The van der Waals surface area contributed by atoms with Gasteiger partial charge < -0.3 is 9.47 Å². The minimum absolute atomic E-state index is 0.0681. The van der Waals surface area contributed by atoms with Gasteiger partial charge in [-0.15, -0.1) is 10.2 Å². The molecule has 0 aliphatic carbocycles. The lowest BCUT2D eigenvalue weighted by molar-refractivity contribution is 0.102. The number of nitrogens with zero attached hydrogens (tertiary/aromatic N) is 2. The molecule has 3 rings (SSSR count). The monoisotopic (exact) mass is 468 g/mol. The second-order valence-corrected chi connectivity index (χ2v) is 8.86. The summed E-state index contributed by atoms with van der Waals surface area (Å²) in [6.45, 7) is 1.62. The lowest BCUT2D eigenvalue weighted by Crippen LogP contribution is -2.17. The highest BCUT2D eigenvalue weighted by Crippen LogP contribution is 2.37. The SMILES string of the molecule is COc1cc(OC)c(NS(=O)(=O)c2cc(C(=O)Nc3nncs3)ccc2C)cc1Cl. The van der Waals surface area contributed by atoms with Crippen LogP contribution in [-0.2, 0) is 10.0 Å². The van der Waals surface area contributed by atoms with E-state index in [1.807, 2.05) is 0 Å². The number of halogens is 1. The Hall–Kier alpha value is -2.89. The number of carbonyl (C=O) groups excluding carboxylic acids is 1. The number of anilines is 2. The third kappa shape index (κ3) is 4.64. The maximum absolute atomic E-state index is 13.1. The summed E-state index contributed by atoms with van der Waals surface area (Å²) in [6, 6.07) is 7.21. The van der Waals surface area contributed by atoms with E-state index < -0.39 is 15.9 Å². The Balaban J connectivity index is 1.94. The number of nitrogens with one attached hydrogen (secondary N) is 2. The summed E-state index contributed by atoms with van der Waals surface area (Å²) in [7, 11) is -1.24. The number of hydrogen-bond acceptors (Lipinski definition) is 8. The fourth-order valence-corrected chi connectivity index (χ4v) is 4.58. The van der Waals surface area contributed by atoms with Gasteiger partial charge in [0.25, 0.3) is 15.9 Å². The highest BCUT2D eigenvalue weighted by atomic mass is 35.5. The predicted octanol–water partition coefficient (Wildman–Crippen LogP) is 3.57. The molecule has 0 saturated carbocycles. The van der Waals surface area contributed by atoms with Gasteiger partial charge in [0.2, 0.25) is 5.13 Å². The molecule has 12 heteroatoms. The number of amides is 1. The minimum Gasteiger partial charge on any atom is -0.495 e. The average Bonchev–Trinajstić information content (AvgIpc) is 3.21. The van der Waals surface area contributed by atoms with Gasteiger partial charge in [0.15, 0.2) is 0 Å². The van der Waals surface area contributed by atoms with Crippen molar-refractivity contribution in [2.24, 2.45) is 0 Å². The fourth-order valence-electron chi connectivity index (χ4n) is 2.57. The quantitative estimate of drug-likeness (QED) is 0.543. The van der Waals surface area contributed by atoms with Gasteiger partial charge in [0, 0.05) is 11.6 Å². The molecule has 0 radical (unpaired) electrons. The van der Waals surface area contributed by atoms with Crippen molar-refractivity contribution in [3.05, 3.63) is 52.0 Å². The van der Waals surface area contributed by atoms with Crippen LogP contribution in [0.25, 0.3) is 0 Å². The first-order valence-corrected chi connectivity index (χ1v) is 11.1. The summed E-state index contributed by atoms with van der Waals surface area (Å²) in [5.41, 5.74) is 2.20. The number of sulfonamides is 1. The molecule has 0 aliphatic rings. The van der Waals surface area contributed by atoms with Crippen LogP contribution in [0.2, 0.25) is 5.02 Å². The van der Waals surface area contributed by atoms with E-state index in [-0.39, 0.29) is 26.9 Å². The van der Waals surface area contributed by atoms with Crippen LogP contribution in [0, 0.1) is 6.92 Å². The molecule has 1 heterocycles. The van der Waals surface area contributed by atoms with Gasteiger partial charge in [0.05, 0.1) is 29.8 Å². The van der Waals surface area contributed by atoms with Crippen molar-refractivity contribution in [1.29, 1.82) is 0 Å². The Morgan fingerprint density at radius 1 is 1.13 bits per heavy atom. The molecule has 1 aromatic heterocycles. The van der Waals surface area contributed by atoms with Crippen LogP contribution in [0.4, 0.5) is 10.8 Å². The summed E-state index contributed by atoms with van der Waals surface area (Å²) < 4.78 is 38.9. The molecule has 0 fully saturated rings. The first-order valence-electron chi connectivity index (χ1n) is 8.37. The summed E-state index contributed by atoms with van der Waals surface area (Å²) in [4.78, 5) is 12.4. The van der Waals surface area contributed by atoms with E-state index in [2.05, 4.69) is 20.2 Å². The smallest absolute Gasteiger partial charge is 0.262 e. The highest BCUT2D eigenvalue weighted by Gasteiger charge is 2.22. The van der Waals surface area contributed by atoms with Crippen LogP contribution in [0.5, 0.6) is 11.5 Å². The molecule has 2 aromatic carbocycles. The van der Waals surface area contributed by atoms with E-state index >= 15 is 0 Å².